The monoisotopic (exact) mass is 534 g/mol. The summed E-state index contributed by atoms with van der Waals surface area (Å²) in [6, 6.07) is 5.78. The fourth-order valence-corrected chi connectivity index (χ4v) is 5.52. The van der Waals surface area contributed by atoms with Gasteiger partial charge in [-0.25, -0.2) is 9.78 Å². The van der Waals surface area contributed by atoms with Gasteiger partial charge in [0.15, 0.2) is 11.6 Å². The number of piperidine rings is 1. The van der Waals surface area contributed by atoms with E-state index < -0.39 is 6.04 Å². The number of likely N-dealkylation sites (N-methyl/N-ethyl adjacent to an activating group) is 1. The van der Waals surface area contributed by atoms with Crippen molar-refractivity contribution in [3.63, 3.8) is 0 Å². The summed E-state index contributed by atoms with van der Waals surface area (Å²) in [6.07, 6.45) is 1.31. The number of carbonyl (C=O) groups is 3. The number of thiazole rings is 1. The smallest absolute Gasteiger partial charge is 0.319 e. The molecule has 2 aliphatic rings. The van der Waals surface area contributed by atoms with Crippen LogP contribution < -0.4 is 15.4 Å². The molecule has 1 aromatic heterocycles. The van der Waals surface area contributed by atoms with Gasteiger partial charge in [0.05, 0.1) is 17.8 Å². The summed E-state index contributed by atoms with van der Waals surface area (Å²) in [6.45, 7) is 2.25. The molecule has 0 aliphatic carbocycles. The number of hydrogen-bond acceptors (Lipinski definition) is 7. The van der Waals surface area contributed by atoms with E-state index in [2.05, 4.69) is 20.5 Å². The zero-order valence-corrected chi connectivity index (χ0v) is 22.2. The minimum Gasteiger partial charge on any atom is -0.484 e. The van der Waals surface area contributed by atoms with Crippen molar-refractivity contribution in [1.82, 2.24) is 30.3 Å². The Hall–Kier alpha value is -2.89. The molecule has 12 heteroatoms. The van der Waals surface area contributed by atoms with Crippen molar-refractivity contribution < 1.29 is 19.1 Å². The summed E-state index contributed by atoms with van der Waals surface area (Å²) in [5.41, 5.74) is 0.973. The van der Waals surface area contributed by atoms with E-state index in [9.17, 15) is 14.4 Å². The molecule has 1 fully saturated rings. The van der Waals surface area contributed by atoms with Crippen LogP contribution in [0.1, 0.15) is 26.8 Å². The molecule has 10 nitrogen and oxygen atoms in total. The first-order valence-electron chi connectivity index (χ1n) is 11.8. The second-order valence-electron chi connectivity index (χ2n) is 9.28. The lowest BCUT2D eigenvalue weighted by molar-refractivity contribution is -0.124. The number of fused-ring (bicyclic) bond motifs is 1. The Morgan fingerprint density at radius 1 is 1.17 bits per heavy atom. The molecule has 0 spiro atoms. The molecule has 3 heterocycles. The average Bonchev–Trinajstić information content (AvgIpc) is 3.27. The summed E-state index contributed by atoms with van der Waals surface area (Å²) < 4.78 is 5.55. The number of nitrogens with one attached hydrogen (secondary N) is 2. The Morgan fingerprint density at radius 2 is 1.92 bits per heavy atom. The number of nitrogens with zero attached hydrogens (tertiary/aromatic N) is 4. The van der Waals surface area contributed by atoms with Gasteiger partial charge in [-0.05, 0) is 37.7 Å². The van der Waals surface area contributed by atoms with Crippen LogP contribution in [0.5, 0.6) is 5.75 Å². The molecule has 36 heavy (non-hydrogen) atoms. The summed E-state index contributed by atoms with van der Waals surface area (Å²) in [5.74, 6) is -0.0728. The summed E-state index contributed by atoms with van der Waals surface area (Å²) in [5, 5.41) is 6.98. The fraction of sp³-hybridized carbons (Fsp3) is 0.500. The van der Waals surface area contributed by atoms with E-state index in [4.69, 9.17) is 16.3 Å². The van der Waals surface area contributed by atoms with E-state index in [1.54, 1.807) is 43.3 Å². The highest BCUT2D eigenvalue weighted by atomic mass is 35.5. The van der Waals surface area contributed by atoms with Gasteiger partial charge in [0.1, 0.15) is 5.75 Å². The fourth-order valence-electron chi connectivity index (χ4n) is 4.31. The Labute approximate surface area is 219 Å². The summed E-state index contributed by atoms with van der Waals surface area (Å²) in [7, 11) is 5.43. The van der Waals surface area contributed by atoms with Gasteiger partial charge in [0.25, 0.3) is 11.8 Å². The Balaban J connectivity index is 1.42. The molecular formula is C24H31ClN6O4S. The molecule has 2 aliphatic heterocycles. The molecule has 2 N–H and O–H groups in total. The van der Waals surface area contributed by atoms with Crippen LogP contribution in [0.25, 0.3) is 0 Å². The molecule has 1 saturated heterocycles. The van der Waals surface area contributed by atoms with Crippen molar-refractivity contribution in [3.8, 4) is 5.75 Å². The van der Waals surface area contributed by atoms with Gasteiger partial charge in [-0.15, -0.1) is 11.3 Å². The van der Waals surface area contributed by atoms with E-state index in [1.165, 1.54) is 16.2 Å². The van der Waals surface area contributed by atoms with E-state index in [0.29, 0.717) is 28.7 Å². The average molecular weight is 535 g/mol. The predicted octanol–water partition coefficient (Wildman–Crippen LogP) is 1.83. The van der Waals surface area contributed by atoms with Gasteiger partial charge in [-0.2, -0.15) is 0 Å². The van der Waals surface area contributed by atoms with Crippen LogP contribution in [-0.4, -0.2) is 97.0 Å². The van der Waals surface area contributed by atoms with Crippen LogP contribution in [0.2, 0.25) is 5.02 Å². The Bertz CT molecular complexity index is 1110. The third kappa shape index (κ3) is 6.45. The summed E-state index contributed by atoms with van der Waals surface area (Å²) >= 11 is 7.29. The zero-order chi connectivity index (χ0) is 25.8. The van der Waals surface area contributed by atoms with Crippen LogP contribution in [0.4, 0.5) is 4.79 Å². The standard InChI is InChI=1S/C24H31ClN6O4S/c1-29(2)24(34)31-11-9-17(26-21(32)14-35-16-6-4-15(25)5-7-16)19(12-31)27-22(33)23-28-18-8-10-30(3)13-20(18)36-23/h4-7,17,19H,8-14H2,1-3H3,(H,26,32)(H,27,33)/t17-,19+/m0/s1. The topological polar surface area (TPSA) is 107 Å². The molecule has 0 unspecified atom stereocenters. The van der Waals surface area contributed by atoms with E-state index in [0.717, 1.165) is 30.1 Å². The van der Waals surface area contributed by atoms with Crippen molar-refractivity contribution in [3.05, 3.63) is 44.9 Å². The van der Waals surface area contributed by atoms with Crippen molar-refractivity contribution in [2.75, 3.05) is 47.4 Å². The number of likely N-dealkylation sites (tertiary alicyclic amines) is 1. The third-order valence-electron chi connectivity index (χ3n) is 6.23. The number of rotatable bonds is 6. The number of hydrogen-bond donors (Lipinski definition) is 2. The molecule has 2 aromatic rings. The minimum atomic E-state index is -0.474. The maximum absolute atomic E-state index is 13.2. The minimum absolute atomic E-state index is 0.141. The van der Waals surface area contributed by atoms with Gasteiger partial charge in [0.2, 0.25) is 0 Å². The zero-order valence-electron chi connectivity index (χ0n) is 20.6. The van der Waals surface area contributed by atoms with Crippen molar-refractivity contribution in [2.45, 2.75) is 31.5 Å². The maximum Gasteiger partial charge on any atom is 0.319 e. The maximum atomic E-state index is 13.2. The molecular weight excluding hydrogens is 504 g/mol. The van der Waals surface area contributed by atoms with Gasteiger partial charge in [-0.3, -0.25) is 9.59 Å². The Morgan fingerprint density at radius 3 is 2.64 bits per heavy atom. The largest absolute Gasteiger partial charge is 0.484 e. The lowest BCUT2D eigenvalue weighted by atomic mass is 9.99. The highest BCUT2D eigenvalue weighted by Crippen LogP contribution is 2.25. The SMILES string of the molecule is CN1CCc2nc(C(=O)N[C@@H]3CN(C(=O)N(C)C)CC[C@@H]3NC(=O)COc3ccc(Cl)cc3)sc2C1. The number of ether oxygens (including phenoxy) is 1. The van der Waals surface area contributed by atoms with Gasteiger partial charge in [0, 0.05) is 56.6 Å². The lowest BCUT2D eigenvalue weighted by Gasteiger charge is -2.39. The molecule has 4 amide bonds. The van der Waals surface area contributed by atoms with Crippen molar-refractivity contribution in [2.24, 2.45) is 0 Å². The number of aromatic nitrogens is 1. The van der Waals surface area contributed by atoms with Crippen LogP contribution in [0, 0.1) is 0 Å². The van der Waals surface area contributed by atoms with Gasteiger partial charge < -0.3 is 30.1 Å². The van der Waals surface area contributed by atoms with Crippen LogP contribution in [0.15, 0.2) is 24.3 Å². The first kappa shape index (κ1) is 26.2. The molecule has 194 valence electrons. The highest BCUT2D eigenvalue weighted by Gasteiger charge is 2.35. The second-order valence-corrected chi connectivity index (χ2v) is 10.8. The molecule has 0 saturated carbocycles. The Kier molecular flexibility index (Phi) is 8.32. The lowest BCUT2D eigenvalue weighted by Crippen LogP contribution is -2.62. The summed E-state index contributed by atoms with van der Waals surface area (Å²) in [4.78, 5) is 49.4. The molecule has 0 radical (unpaired) electrons. The highest BCUT2D eigenvalue weighted by molar-refractivity contribution is 7.13. The normalized spacial score (nSPS) is 19.8. The van der Waals surface area contributed by atoms with Crippen LogP contribution in [-0.2, 0) is 17.8 Å². The second kappa shape index (κ2) is 11.4. The third-order valence-corrected chi connectivity index (χ3v) is 7.56. The number of amides is 4. The quantitative estimate of drug-likeness (QED) is 0.585. The number of urea groups is 1. The first-order valence-corrected chi connectivity index (χ1v) is 13.0. The first-order chi connectivity index (χ1) is 17.2. The molecule has 4 rings (SSSR count). The number of halogens is 1. The predicted molar refractivity (Wildman–Crippen MR) is 138 cm³/mol. The molecule has 0 bridgehead atoms. The van der Waals surface area contributed by atoms with Crippen molar-refractivity contribution in [1.29, 1.82) is 0 Å². The van der Waals surface area contributed by atoms with E-state index in [1.807, 2.05) is 7.05 Å². The van der Waals surface area contributed by atoms with E-state index in [-0.39, 0.29) is 37.0 Å². The van der Waals surface area contributed by atoms with Crippen LogP contribution >= 0.6 is 22.9 Å². The van der Waals surface area contributed by atoms with Gasteiger partial charge >= 0.3 is 6.03 Å². The van der Waals surface area contributed by atoms with E-state index >= 15 is 0 Å². The number of carbonyl (C=O) groups excluding carboxylic acids is 3. The number of benzene rings is 1. The van der Waals surface area contributed by atoms with Gasteiger partial charge in [-0.1, -0.05) is 11.6 Å². The molecule has 2 atom stereocenters. The van der Waals surface area contributed by atoms with Crippen LogP contribution in [0.3, 0.4) is 0 Å². The molecule has 1 aromatic carbocycles. The van der Waals surface area contributed by atoms with Crippen molar-refractivity contribution >= 4 is 40.8 Å².